The number of thioether (sulfide) groups is 1. The molecule has 22 heavy (non-hydrogen) atoms. The van der Waals surface area contributed by atoms with Crippen LogP contribution in [-0.4, -0.2) is 32.2 Å². The summed E-state index contributed by atoms with van der Waals surface area (Å²) in [4.78, 5) is 44.7. The van der Waals surface area contributed by atoms with Crippen molar-refractivity contribution in [1.29, 1.82) is 0 Å². The van der Waals surface area contributed by atoms with Gasteiger partial charge in [0.15, 0.2) is 0 Å². The molecule has 2 aromatic rings. The van der Waals surface area contributed by atoms with Crippen LogP contribution in [0.2, 0.25) is 0 Å². The molecular formula is C14H9N3O4S. The number of hydrogen-bond donors (Lipinski definition) is 0. The second-order valence-electron chi connectivity index (χ2n) is 4.81. The molecule has 0 unspecified atom stereocenters. The highest BCUT2D eigenvalue weighted by molar-refractivity contribution is 8.04. The van der Waals surface area contributed by atoms with E-state index in [0.29, 0.717) is 9.97 Å². The van der Waals surface area contributed by atoms with Crippen LogP contribution in [-0.2, 0) is 19.2 Å². The van der Waals surface area contributed by atoms with Gasteiger partial charge in [-0.2, -0.15) is 0 Å². The van der Waals surface area contributed by atoms with Crippen molar-refractivity contribution in [3.05, 3.63) is 35.0 Å². The number of hydroxylamine groups is 2. The average Bonchev–Trinajstić information content (AvgIpc) is 3.07. The van der Waals surface area contributed by atoms with E-state index in [1.54, 1.807) is 12.3 Å². The summed E-state index contributed by atoms with van der Waals surface area (Å²) in [7, 11) is 0. The molecule has 2 aromatic heterocycles. The van der Waals surface area contributed by atoms with Crippen molar-refractivity contribution in [2.45, 2.75) is 17.9 Å². The Morgan fingerprint density at radius 1 is 1.23 bits per heavy atom. The smallest absolute Gasteiger partial charge is 0.324 e. The van der Waals surface area contributed by atoms with Gasteiger partial charge in [-0.1, -0.05) is 17.8 Å². The highest BCUT2D eigenvalue weighted by Crippen LogP contribution is 2.35. The molecule has 1 saturated heterocycles. The van der Waals surface area contributed by atoms with E-state index in [9.17, 15) is 14.4 Å². The summed E-state index contributed by atoms with van der Waals surface area (Å²) < 4.78 is 1.91. The Morgan fingerprint density at radius 3 is 2.77 bits per heavy atom. The lowest BCUT2D eigenvalue weighted by atomic mass is 10.4. The van der Waals surface area contributed by atoms with E-state index in [0.717, 1.165) is 16.4 Å². The summed E-state index contributed by atoms with van der Waals surface area (Å²) in [6.45, 7) is 0. The zero-order chi connectivity index (χ0) is 15.3. The second kappa shape index (κ2) is 4.70. The van der Waals surface area contributed by atoms with Crippen molar-refractivity contribution in [1.82, 2.24) is 14.4 Å². The summed E-state index contributed by atoms with van der Waals surface area (Å²) in [5.74, 6) is -1.71. The lowest BCUT2D eigenvalue weighted by Gasteiger charge is -2.17. The molecule has 2 aliphatic rings. The molecule has 0 saturated carbocycles. The van der Waals surface area contributed by atoms with E-state index in [1.165, 1.54) is 11.8 Å². The number of imidazole rings is 1. The number of imide groups is 1. The molecule has 2 aliphatic heterocycles. The number of hydrogen-bond acceptors (Lipinski definition) is 6. The van der Waals surface area contributed by atoms with Gasteiger partial charge in [0.2, 0.25) is 0 Å². The zero-order valence-corrected chi connectivity index (χ0v) is 12.0. The molecular weight excluding hydrogens is 306 g/mol. The van der Waals surface area contributed by atoms with Crippen LogP contribution in [0.3, 0.4) is 0 Å². The SMILES string of the molecule is O=C(ON1C(=O)CCC1=O)C1=Cc2cnc3cccc(n23)S1. The summed E-state index contributed by atoms with van der Waals surface area (Å²) in [5, 5.41) is 1.37. The lowest BCUT2D eigenvalue weighted by molar-refractivity contribution is -0.193. The minimum Gasteiger partial charge on any atom is -0.324 e. The molecule has 0 atom stereocenters. The maximum absolute atomic E-state index is 12.2. The van der Waals surface area contributed by atoms with Gasteiger partial charge in [-0.3, -0.25) is 14.0 Å². The minimum atomic E-state index is -0.724. The fourth-order valence-electron chi connectivity index (χ4n) is 2.37. The van der Waals surface area contributed by atoms with Crippen molar-refractivity contribution < 1.29 is 19.2 Å². The largest absolute Gasteiger partial charge is 0.370 e. The zero-order valence-electron chi connectivity index (χ0n) is 11.2. The van der Waals surface area contributed by atoms with Gasteiger partial charge in [-0.25, -0.2) is 9.78 Å². The first-order valence-electron chi connectivity index (χ1n) is 6.57. The Hall–Kier alpha value is -2.61. The van der Waals surface area contributed by atoms with E-state index in [-0.39, 0.29) is 12.8 Å². The monoisotopic (exact) mass is 315 g/mol. The van der Waals surface area contributed by atoms with E-state index < -0.39 is 17.8 Å². The van der Waals surface area contributed by atoms with Crippen LogP contribution in [0.25, 0.3) is 11.7 Å². The van der Waals surface area contributed by atoms with Crippen molar-refractivity contribution >= 4 is 41.3 Å². The van der Waals surface area contributed by atoms with Gasteiger partial charge in [-0.15, -0.1) is 5.06 Å². The van der Waals surface area contributed by atoms with Gasteiger partial charge < -0.3 is 4.84 Å². The quantitative estimate of drug-likeness (QED) is 0.779. The minimum absolute atomic E-state index is 0.0738. The van der Waals surface area contributed by atoms with Crippen LogP contribution in [0.1, 0.15) is 18.5 Å². The molecule has 0 aromatic carbocycles. The standard InChI is InChI=1S/C14H9N3O4S/c18-11-4-5-12(19)17(11)21-14(20)9-6-8-7-15-10-2-1-3-13(22-9)16(8)10/h1-3,6-7H,4-5H2. The van der Waals surface area contributed by atoms with Crippen molar-refractivity contribution in [3.8, 4) is 0 Å². The molecule has 2 amide bonds. The molecule has 4 heterocycles. The lowest BCUT2D eigenvalue weighted by Crippen LogP contribution is -2.32. The van der Waals surface area contributed by atoms with Gasteiger partial charge in [0.05, 0.1) is 16.9 Å². The molecule has 0 N–H and O–H groups in total. The summed E-state index contributed by atoms with van der Waals surface area (Å²) in [5.41, 5.74) is 1.53. The first-order valence-corrected chi connectivity index (χ1v) is 7.39. The number of carbonyl (C=O) groups excluding carboxylic acids is 3. The second-order valence-corrected chi connectivity index (χ2v) is 5.87. The van der Waals surface area contributed by atoms with Gasteiger partial charge in [0.1, 0.15) is 10.6 Å². The maximum atomic E-state index is 12.2. The topological polar surface area (TPSA) is 81.0 Å². The number of aromatic nitrogens is 2. The number of nitrogens with zero attached hydrogens (tertiary/aromatic N) is 3. The first-order chi connectivity index (χ1) is 10.6. The van der Waals surface area contributed by atoms with Crippen LogP contribution in [0.15, 0.2) is 34.3 Å². The van der Waals surface area contributed by atoms with Crippen LogP contribution in [0.4, 0.5) is 0 Å². The molecule has 1 fully saturated rings. The third-order valence-electron chi connectivity index (χ3n) is 3.40. The van der Waals surface area contributed by atoms with Gasteiger partial charge >= 0.3 is 5.97 Å². The van der Waals surface area contributed by atoms with E-state index in [1.807, 2.05) is 22.6 Å². The van der Waals surface area contributed by atoms with Gasteiger partial charge in [-0.05, 0) is 18.2 Å². The number of pyridine rings is 1. The van der Waals surface area contributed by atoms with Crippen molar-refractivity contribution in [2.75, 3.05) is 0 Å². The predicted octanol–water partition coefficient (Wildman–Crippen LogP) is 1.39. The highest BCUT2D eigenvalue weighted by Gasteiger charge is 2.34. The predicted molar refractivity (Wildman–Crippen MR) is 76.2 cm³/mol. The fourth-order valence-corrected chi connectivity index (χ4v) is 3.34. The summed E-state index contributed by atoms with van der Waals surface area (Å²) in [6.07, 6.45) is 3.43. The number of carbonyl (C=O) groups is 3. The Kier molecular flexibility index (Phi) is 2.80. The Morgan fingerprint density at radius 2 is 2.00 bits per heavy atom. The van der Waals surface area contributed by atoms with Crippen LogP contribution in [0, 0.1) is 0 Å². The van der Waals surface area contributed by atoms with E-state index in [4.69, 9.17) is 4.84 Å². The Bertz CT molecular complexity index is 854. The fraction of sp³-hybridized carbons (Fsp3) is 0.143. The Labute approximate surface area is 128 Å². The molecule has 0 aliphatic carbocycles. The van der Waals surface area contributed by atoms with Crippen molar-refractivity contribution in [2.24, 2.45) is 0 Å². The molecule has 7 nitrogen and oxygen atoms in total. The van der Waals surface area contributed by atoms with E-state index >= 15 is 0 Å². The molecule has 0 spiro atoms. The average molecular weight is 315 g/mol. The maximum Gasteiger partial charge on any atom is 0.370 e. The summed E-state index contributed by atoms with van der Waals surface area (Å²) in [6, 6.07) is 5.57. The molecule has 4 rings (SSSR count). The molecule has 110 valence electrons. The van der Waals surface area contributed by atoms with Gasteiger partial charge in [0.25, 0.3) is 11.8 Å². The third-order valence-corrected chi connectivity index (χ3v) is 4.43. The van der Waals surface area contributed by atoms with Gasteiger partial charge in [0, 0.05) is 12.8 Å². The molecule has 0 radical (unpaired) electrons. The van der Waals surface area contributed by atoms with Crippen LogP contribution in [0.5, 0.6) is 0 Å². The summed E-state index contributed by atoms with van der Waals surface area (Å²) >= 11 is 1.21. The Balaban J connectivity index is 1.64. The third kappa shape index (κ3) is 1.92. The first kappa shape index (κ1) is 13.1. The highest BCUT2D eigenvalue weighted by atomic mass is 32.2. The molecule has 0 bridgehead atoms. The number of rotatable bonds is 2. The molecule has 8 heteroatoms. The van der Waals surface area contributed by atoms with E-state index in [2.05, 4.69) is 4.98 Å². The normalized spacial score (nSPS) is 17.1. The van der Waals surface area contributed by atoms with Crippen molar-refractivity contribution in [3.63, 3.8) is 0 Å². The number of amides is 2. The van der Waals surface area contributed by atoms with Crippen LogP contribution >= 0.6 is 11.8 Å². The van der Waals surface area contributed by atoms with Crippen LogP contribution < -0.4 is 0 Å².